The number of carbonyl (C=O) groups excluding carboxylic acids is 2. The van der Waals surface area contributed by atoms with Crippen molar-refractivity contribution in [3.8, 4) is 0 Å². The van der Waals surface area contributed by atoms with Crippen LogP contribution in [0.4, 0.5) is 0 Å². The van der Waals surface area contributed by atoms with Gasteiger partial charge >= 0.3 is 0 Å². The van der Waals surface area contributed by atoms with Crippen LogP contribution in [0, 0.1) is 17.3 Å². The van der Waals surface area contributed by atoms with Gasteiger partial charge in [-0.25, -0.2) is 0 Å². The maximum absolute atomic E-state index is 11.5. The van der Waals surface area contributed by atoms with Crippen molar-refractivity contribution >= 4 is 12.1 Å². The van der Waals surface area contributed by atoms with E-state index in [1.54, 1.807) is 6.08 Å². The first-order chi connectivity index (χ1) is 6.52. The van der Waals surface area contributed by atoms with E-state index in [-0.39, 0.29) is 17.1 Å². The van der Waals surface area contributed by atoms with Gasteiger partial charge in [0.2, 0.25) is 0 Å². The van der Waals surface area contributed by atoms with Crippen molar-refractivity contribution in [1.82, 2.24) is 0 Å². The second-order valence-electron chi connectivity index (χ2n) is 5.35. The van der Waals surface area contributed by atoms with Gasteiger partial charge in [-0.3, -0.25) is 4.79 Å². The molecular formula is C12H16O2. The molecule has 0 aromatic heterocycles. The van der Waals surface area contributed by atoms with Gasteiger partial charge in [-0.05, 0) is 30.3 Å². The number of hydrogen-bond acceptors (Lipinski definition) is 2. The third kappa shape index (κ3) is 1.79. The summed E-state index contributed by atoms with van der Waals surface area (Å²) in [7, 11) is 0. The van der Waals surface area contributed by atoms with Gasteiger partial charge in [0.1, 0.15) is 6.29 Å². The van der Waals surface area contributed by atoms with Crippen LogP contribution in [0.3, 0.4) is 0 Å². The van der Waals surface area contributed by atoms with Crippen molar-refractivity contribution in [3.63, 3.8) is 0 Å². The Labute approximate surface area is 84.4 Å². The molecule has 1 saturated carbocycles. The third-order valence-corrected chi connectivity index (χ3v) is 3.17. The summed E-state index contributed by atoms with van der Waals surface area (Å²) in [5, 5.41) is 0. The van der Waals surface area contributed by atoms with Crippen LogP contribution in [0.15, 0.2) is 11.6 Å². The zero-order chi connectivity index (χ0) is 10.3. The van der Waals surface area contributed by atoms with E-state index >= 15 is 0 Å². The fourth-order valence-electron chi connectivity index (χ4n) is 2.43. The average molecular weight is 192 g/mol. The molecule has 0 spiro atoms. The zero-order valence-electron chi connectivity index (χ0n) is 8.75. The number of ketones is 1. The molecule has 0 aromatic rings. The largest absolute Gasteiger partial charge is 0.303 e. The molecule has 0 aromatic carbocycles. The zero-order valence-corrected chi connectivity index (χ0v) is 8.75. The van der Waals surface area contributed by atoms with Crippen molar-refractivity contribution in [2.75, 3.05) is 0 Å². The van der Waals surface area contributed by atoms with Gasteiger partial charge in [-0.1, -0.05) is 19.4 Å². The Morgan fingerprint density at radius 1 is 1.43 bits per heavy atom. The summed E-state index contributed by atoms with van der Waals surface area (Å²) in [4.78, 5) is 22.0. The van der Waals surface area contributed by atoms with Gasteiger partial charge in [0.05, 0.1) is 0 Å². The molecule has 0 bridgehead atoms. The molecule has 2 aliphatic carbocycles. The Bertz CT molecular complexity index is 312. The molecule has 2 nitrogen and oxygen atoms in total. The van der Waals surface area contributed by atoms with E-state index in [2.05, 4.69) is 13.8 Å². The summed E-state index contributed by atoms with van der Waals surface area (Å²) in [5.74, 6) is 0.812. The Morgan fingerprint density at radius 2 is 2.14 bits per heavy atom. The molecule has 76 valence electrons. The van der Waals surface area contributed by atoms with E-state index in [0.717, 1.165) is 19.1 Å². The van der Waals surface area contributed by atoms with Crippen molar-refractivity contribution in [2.45, 2.75) is 33.1 Å². The van der Waals surface area contributed by atoms with E-state index in [1.807, 2.05) is 0 Å². The summed E-state index contributed by atoms with van der Waals surface area (Å²) in [6.07, 6.45) is 5.39. The van der Waals surface area contributed by atoms with Crippen LogP contribution in [0.25, 0.3) is 0 Å². The number of rotatable bonds is 2. The molecule has 0 heterocycles. The van der Waals surface area contributed by atoms with E-state index in [0.29, 0.717) is 12.3 Å². The molecule has 0 aliphatic heterocycles. The fourth-order valence-corrected chi connectivity index (χ4v) is 2.43. The molecule has 2 aliphatic rings. The highest BCUT2D eigenvalue weighted by Crippen LogP contribution is 2.48. The summed E-state index contributed by atoms with van der Waals surface area (Å²) >= 11 is 0. The van der Waals surface area contributed by atoms with Crippen molar-refractivity contribution in [1.29, 1.82) is 0 Å². The van der Waals surface area contributed by atoms with E-state index in [9.17, 15) is 9.59 Å². The predicted molar refractivity (Wildman–Crippen MR) is 53.8 cm³/mol. The van der Waals surface area contributed by atoms with Crippen LogP contribution in [-0.2, 0) is 9.59 Å². The lowest BCUT2D eigenvalue weighted by molar-refractivity contribution is -0.117. The minimum atomic E-state index is 0.0944. The monoisotopic (exact) mass is 192 g/mol. The first kappa shape index (κ1) is 9.63. The summed E-state index contributed by atoms with van der Waals surface area (Å²) in [6.45, 7) is 4.24. The van der Waals surface area contributed by atoms with Crippen molar-refractivity contribution in [3.05, 3.63) is 11.6 Å². The molecule has 1 fully saturated rings. The lowest BCUT2D eigenvalue weighted by Gasteiger charge is -2.28. The van der Waals surface area contributed by atoms with Crippen LogP contribution >= 0.6 is 0 Å². The molecule has 2 heteroatoms. The molecule has 2 atom stereocenters. The van der Waals surface area contributed by atoms with Crippen molar-refractivity contribution in [2.24, 2.45) is 17.3 Å². The normalized spacial score (nSPS) is 35.0. The van der Waals surface area contributed by atoms with E-state index in [1.165, 1.54) is 5.57 Å². The quantitative estimate of drug-likeness (QED) is 0.628. The average Bonchev–Trinajstić information content (AvgIpc) is 2.78. The van der Waals surface area contributed by atoms with Crippen LogP contribution in [0.2, 0.25) is 0 Å². The van der Waals surface area contributed by atoms with Crippen LogP contribution in [-0.4, -0.2) is 12.1 Å². The van der Waals surface area contributed by atoms with Gasteiger partial charge in [-0.15, -0.1) is 0 Å². The molecule has 2 rings (SSSR count). The van der Waals surface area contributed by atoms with Gasteiger partial charge in [0, 0.05) is 12.3 Å². The topological polar surface area (TPSA) is 34.1 Å². The van der Waals surface area contributed by atoms with Gasteiger partial charge in [0.25, 0.3) is 0 Å². The Morgan fingerprint density at radius 3 is 2.64 bits per heavy atom. The highest BCUT2D eigenvalue weighted by Gasteiger charge is 2.42. The standard InChI is InChI=1S/C12H16O2/c1-12(2)5-8(3-10(14)6-12)11-4-9(11)7-13/h3,7,9,11H,4-6H2,1-2H3/t9-,11+/m1/s1. The molecule has 14 heavy (non-hydrogen) atoms. The highest BCUT2D eigenvalue weighted by atomic mass is 16.1. The summed E-state index contributed by atoms with van der Waals surface area (Å²) in [6, 6.07) is 0. The number of carbonyl (C=O) groups is 2. The Hall–Kier alpha value is -0.920. The number of hydrogen-bond donors (Lipinski definition) is 0. The van der Waals surface area contributed by atoms with Gasteiger partial charge in [-0.2, -0.15) is 0 Å². The van der Waals surface area contributed by atoms with Crippen LogP contribution in [0.5, 0.6) is 0 Å². The van der Waals surface area contributed by atoms with Gasteiger partial charge in [0.15, 0.2) is 5.78 Å². The maximum atomic E-state index is 11.5. The lowest BCUT2D eigenvalue weighted by atomic mass is 9.75. The first-order valence-electron chi connectivity index (χ1n) is 5.20. The predicted octanol–water partition coefficient (Wildman–Crippen LogP) is 2.14. The van der Waals surface area contributed by atoms with E-state index < -0.39 is 0 Å². The SMILES string of the molecule is CC1(C)CC(=O)C=C([C@@H]2C[C@@H]2C=O)C1. The van der Waals surface area contributed by atoms with Crippen molar-refractivity contribution < 1.29 is 9.59 Å². The molecule has 0 saturated heterocycles. The maximum Gasteiger partial charge on any atom is 0.156 e. The summed E-state index contributed by atoms with van der Waals surface area (Å²) in [5.41, 5.74) is 1.31. The second kappa shape index (κ2) is 3.04. The Balaban J connectivity index is 2.13. The smallest absolute Gasteiger partial charge is 0.156 e. The molecule has 0 amide bonds. The molecular weight excluding hydrogens is 176 g/mol. The Kier molecular flexibility index (Phi) is 2.09. The summed E-state index contributed by atoms with van der Waals surface area (Å²) < 4.78 is 0. The highest BCUT2D eigenvalue weighted by molar-refractivity contribution is 5.92. The first-order valence-corrected chi connectivity index (χ1v) is 5.20. The fraction of sp³-hybridized carbons (Fsp3) is 0.667. The van der Waals surface area contributed by atoms with Gasteiger partial charge < -0.3 is 4.79 Å². The minimum Gasteiger partial charge on any atom is -0.303 e. The van der Waals surface area contributed by atoms with Crippen LogP contribution < -0.4 is 0 Å². The lowest BCUT2D eigenvalue weighted by Crippen LogP contribution is -2.22. The molecule has 0 unspecified atom stereocenters. The van der Waals surface area contributed by atoms with Crippen LogP contribution in [0.1, 0.15) is 33.1 Å². The third-order valence-electron chi connectivity index (χ3n) is 3.17. The molecule has 0 radical (unpaired) electrons. The minimum absolute atomic E-state index is 0.0944. The molecule has 0 N–H and O–H groups in total. The second-order valence-corrected chi connectivity index (χ2v) is 5.35. The number of allylic oxidation sites excluding steroid dienone is 2. The number of aldehydes is 1. The van der Waals surface area contributed by atoms with E-state index in [4.69, 9.17) is 0 Å².